The topological polar surface area (TPSA) is 123 Å². The molecule has 0 amide bonds. The van der Waals surface area contributed by atoms with Gasteiger partial charge < -0.3 is 14.2 Å². The molecule has 0 N–H and O–H groups in total. The van der Waals surface area contributed by atoms with E-state index in [0.29, 0.717) is 41.2 Å². The number of fused-ring (bicyclic) bond motifs is 1. The summed E-state index contributed by atoms with van der Waals surface area (Å²) in [6, 6.07) is 15.2. The van der Waals surface area contributed by atoms with Crippen molar-refractivity contribution < 1.29 is 9.34 Å². The fraction of sp³-hybridized carbons (Fsp3) is 0.240. The van der Waals surface area contributed by atoms with Crippen molar-refractivity contribution >= 4 is 39.1 Å². The van der Waals surface area contributed by atoms with Gasteiger partial charge in [0.15, 0.2) is 11.2 Å². The smallest absolute Gasteiger partial charge is 0.299 e. The minimum atomic E-state index is -1.92. The Hall–Kier alpha value is -3.57. The summed E-state index contributed by atoms with van der Waals surface area (Å²) >= 11 is 16.0. The zero-order valence-corrected chi connectivity index (χ0v) is 22.1. The number of aromatic nitrogens is 1. The molecule has 0 aliphatic carbocycles. The van der Waals surface area contributed by atoms with Gasteiger partial charge >= 0.3 is 0 Å². The SMILES string of the molecule is N#CC1(C#N)C(c2ccco2)C([N+](=O)[O-])=C2N(Cc3ccc(Cl)nc3)CCN2C1c1ccc(Br)cc1Cl. The van der Waals surface area contributed by atoms with Crippen molar-refractivity contribution in [3.8, 4) is 12.1 Å². The van der Waals surface area contributed by atoms with Gasteiger partial charge in [0.1, 0.15) is 16.8 Å². The van der Waals surface area contributed by atoms with Gasteiger partial charge in [0.05, 0.1) is 29.4 Å². The number of allylic oxidation sites excluding steroid dienone is 1. The normalized spacial score (nSPS) is 20.4. The fourth-order valence-electron chi connectivity index (χ4n) is 5.22. The van der Waals surface area contributed by atoms with Crippen molar-refractivity contribution in [1.29, 1.82) is 10.5 Å². The molecule has 0 bridgehead atoms. The van der Waals surface area contributed by atoms with E-state index >= 15 is 0 Å². The van der Waals surface area contributed by atoms with Gasteiger partial charge in [-0.05, 0) is 41.5 Å². The van der Waals surface area contributed by atoms with Crippen molar-refractivity contribution in [3.63, 3.8) is 0 Å². The first kappa shape index (κ1) is 25.1. The van der Waals surface area contributed by atoms with Crippen LogP contribution in [0.3, 0.4) is 0 Å². The Morgan fingerprint density at radius 3 is 2.59 bits per heavy atom. The quantitative estimate of drug-likeness (QED) is 0.202. The van der Waals surface area contributed by atoms with Crippen molar-refractivity contribution in [2.45, 2.75) is 18.5 Å². The van der Waals surface area contributed by atoms with Crippen molar-refractivity contribution in [2.75, 3.05) is 13.1 Å². The summed E-state index contributed by atoms with van der Waals surface area (Å²) in [6.45, 7) is 1.06. The first-order chi connectivity index (χ1) is 17.8. The Balaban J connectivity index is 1.78. The summed E-state index contributed by atoms with van der Waals surface area (Å²) in [5.41, 5.74) is -0.882. The zero-order chi connectivity index (χ0) is 26.3. The molecule has 0 saturated carbocycles. The number of pyridine rings is 1. The lowest BCUT2D eigenvalue weighted by Gasteiger charge is -2.45. The number of benzene rings is 1. The lowest BCUT2D eigenvalue weighted by atomic mass is 9.65. The zero-order valence-electron chi connectivity index (χ0n) is 19.0. The predicted octanol–water partition coefficient (Wildman–Crippen LogP) is 5.88. The van der Waals surface area contributed by atoms with Crippen LogP contribution >= 0.6 is 39.1 Å². The minimum Gasteiger partial charge on any atom is -0.468 e. The highest BCUT2D eigenvalue weighted by molar-refractivity contribution is 9.10. The molecular formula is C25H17BrCl2N6O3. The maximum absolute atomic E-state index is 12.7. The van der Waals surface area contributed by atoms with Crippen molar-refractivity contribution in [3.05, 3.63) is 108 Å². The van der Waals surface area contributed by atoms with E-state index in [-0.39, 0.29) is 11.5 Å². The van der Waals surface area contributed by atoms with E-state index in [4.69, 9.17) is 27.6 Å². The van der Waals surface area contributed by atoms with Gasteiger partial charge in [-0.3, -0.25) is 10.1 Å². The van der Waals surface area contributed by atoms with Gasteiger partial charge in [-0.15, -0.1) is 0 Å². The molecule has 2 atom stereocenters. The standard InChI is InChI=1S/C25H17BrCl2N6O3/c26-16-4-5-17(18(27)10-16)23-25(13-29,14-30)21(19-2-1-9-37-19)22(34(35)36)24-32(7-8-33(23)24)12-15-3-6-20(28)31-11-15/h1-6,9-11,21,23H,7-8,12H2. The molecule has 3 aromatic rings. The number of rotatable bonds is 5. The minimum absolute atomic E-state index is 0.153. The van der Waals surface area contributed by atoms with E-state index < -0.39 is 22.3 Å². The summed E-state index contributed by atoms with van der Waals surface area (Å²) in [5.74, 6) is -0.820. The van der Waals surface area contributed by atoms with E-state index in [2.05, 4.69) is 33.1 Å². The van der Waals surface area contributed by atoms with Gasteiger partial charge in [-0.25, -0.2) is 4.98 Å². The van der Waals surface area contributed by atoms with Gasteiger partial charge in [-0.1, -0.05) is 51.3 Å². The Morgan fingerprint density at radius 1 is 1.22 bits per heavy atom. The number of furan rings is 1. The summed E-state index contributed by atoms with van der Waals surface area (Å²) in [4.78, 5) is 19.9. The molecule has 37 heavy (non-hydrogen) atoms. The van der Waals surface area contributed by atoms with Gasteiger partial charge in [-0.2, -0.15) is 10.5 Å². The number of nitrogens with zero attached hydrogens (tertiary/aromatic N) is 6. The third kappa shape index (κ3) is 4.11. The van der Waals surface area contributed by atoms with E-state index in [9.17, 15) is 20.6 Å². The van der Waals surface area contributed by atoms with Crippen LogP contribution in [0.2, 0.25) is 10.2 Å². The molecule has 186 valence electrons. The second kappa shape index (κ2) is 9.71. The van der Waals surface area contributed by atoms with Crippen LogP contribution < -0.4 is 0 Å². The Labute approximate surface area is 230 Å². The molecule has 4 heterocycles. The number of nitro groups is 1. The van der Waals surface area contributed by atoms with Gasteiger partial charge in [0.2, 0.25) is 0 Å². The molecule has 0 spiro atoms. The first-order valence-corrected chi connectivity index (χ1v) is 12.7. The average molecular weight is 600 g/mol. The second-order valence-electron chi connectivity index (χ2n) is 8.68. The third-order valence-electron chi connectivity index (χ3n) is 6.70. The maximum atomic E-state index is 12.7. The van der Waals surface area contributed by atoms with Crippen LogP contribution in [0.15, 0.2) is 75.3 Å². The highest BCUT2D eigenvalue weighted by atomic mass is 79.9. The van der Waals surface area contributed by atoms with Crippen molar-refractivity contribution in [1.82, 2.24) is 14.8 Å². The largest absolute Gasteiger partial charge is 0.468 e. The van der Waals surface area contributed by atoms with Crippen LogP contribution in [0.25, 0.3) is 0 Å². The van der Waals surface area contributed by atoms with E-state index in [0.717, 1.165) is 10.0 Å². The average Bonchev–Trinajstić information content (AvgIpc) is 3.55. The Kier molecular flexibility index (Phi) is 6.59. The van der Waals surface area contributed by atoms with E-state index in [1.807, 2.05) is 4.90 Å². The molecule has 1 fully saturated rings. The third-order valence-corrected chi connectivity index (χ3v) is 7.74. The van der Waals surface area contributed by atoms with Crippen LogP contribution in [-0.4, -0.2) is 32.8 Å². The molecule has 9 nitrogen and oxygen atoms in total. The fourth-order valence-corrected chi connectivity index (χ4v) is 6.11. The maximum Gasteiger partial charge on any atom is 0.299 e. The second-order valence-corrected chi connectivity index (χ2v) is 10.4. The van der Waals surface area contributed by atoms with Gasteiger partial charge in [0, 0.05) is 35.3 Å². The molecule has 2 aliphatic rings. The molecule has 1 aromatic carbocycles. The van der Waals surface area contributed by atoms with Crippen LogP contribution in [0.1, 0.15) is 28.8 Å². The van der Waals surface area contributed by atoms with Gasteiger partial charge in [0.25, 0.3) is 5.70 Å². The number of nitriles is 2. The van der Waals surface area contributed by atoms with Crippen molar-refractivity contribution in [2.24, 2.45) is 5.41 Å². The molecular weight excluding hydrogens is 583 g/mol. The van der Waals surface area contributed by atoms with Crippen LogP contribution in [0, 0.1) is 38.2 Å². The molecule has 2 aliphatic heterocycles. The van der Waals surface area contributed by atoms with Crippen LogP contribution in [-0.2, 0) is 6.54 Å². The lowest BCUT2D eigenvalue weighted by Crippen LogP contribution is -2.49. The summed E-state index contributed by atoms with van der Waals surface area (Å²) < 4.78 is 6.34. The first-order valence-electron chi connectivity index (χ1n) is 11.1. The Morgan fingerprint density at radius 2 is 2.00 bits per heavy atom. The van der Waals surface area contributed by atoms with Crippen LogP contribution in [0.4, 0.5) is 0 Å². The summed E-state index contributed by atoms with van der Waals surface area (Å²) in [5, 5.41) is 34.5. The Bertz CT molecular complexity index is 1470. The summed E-state index contributed by atoms with van der Waals surface area (Å²) in [7, 11) is 0. The number of hydrogen-bond acceptors (Lipinski definition) is 8. The highest BCUT2D eigenvalue weighted by Gasteiger charge is 2.64. The molecule has 1 saturated heterocycles. The van der Waals surface area contributed by atoms with Crippen LogP contribution in [0.5, 0.6) is 0 Å². The van der Waals surface area contributed by atoms with E-state index in [1.54, 1.807) is 53.6 Å². The number of halogens is 3. The van der Waals surface area contributed by atoms with E-state index in [1.165, 1.54) is 6.26 Å². The number of hydrogen-bond donors (Lipinski definition) is 0. The molecule has 12 heteroatoms. The molecule has 5 rings (SSSR count). The molecule has 2 unspecified atom stereocenters. The monoisotopic (exact) mass is 598 g/mol. The molecule has 0 radical (unpaired) electrons. The molecule has 2 aromatic heterocycles. The highest BCUT2D eigenvalue weighted by Crippen LogP contribution is 2.59. The predicted molar refractivity (Wildman–Crippen MR) is 137 cm³/mol. The summed E-state index contributed by atoms with van der Waals surface area (Å²) in [6.07, 6.45) is 2.99. The lowest BCUT2D eigenvalue weighted by molar-refractivity contribution is -0.438.